The fourth-order valence-electron chi connectivity index (χ4n) is 3.63. The van der Waals surface area contributed by atoms with Gasteiger partial charge in [0.2, 0.25) is 0 Å². The van der Waals surface area contributed by atoms with Crippen molar-refractivity contribution in [3.63, 3.8) is 0 Å². The molecule has 1 unspecified atom stereocenters. The summed E-state index contributed by atoms with van der Waals surface area (Å²) in [7, 11) is 3.14. The molecule has 150 valence electrons. The third-order valence-corrected chi connectivity index (χ3v) is 5.11. The zero-order valence-corrected chi connectivity index (χ0v) is 17.0. The van der Waals surface area contributed by atoms with Crippen LogP contribution in [0.2, 0.25) is 0 Å². The normalized spacial score (nSPS) is 16.6. The summed E-state index contributed by atoms with van der Waals surface area (Å²) in [6.07, 6.45) is 4.60. The van der Waals surface area contributed by atoms with Crippen LogP contribution in [-0.4, -0.2) is 42.7 Å². The highest BCUT2D eigenvalue weighted by molar-refractivity contribution is 6.04. The predicted octanol–water partition coefficient (Wildman–Crippen LogP) is 3.82. The molecule has 1 aliphatic heterocycles. The van der Waals surface area contributed by atoms with Crippen LogP contribution in [0, 0.1) is 6.92 Å². The first-order chi connectivity index (χ1) is 13.5. The molecule has 0 saturated carbocycles. The quantitative estimate of drug-likeness (QED) is 0.816. The Kier molecular flexibility index (Phi) is 6.34. The van der Waals surface area contributed by atoms with E-state index >= 15 is 0 Å². The number of nitrogens with one attached hydrogen (secondary N) is 1. The number of carbonyl (C=O) groups is 1. The summed E-state index contributed by atoms with van der Waals surface area (Å²) in [4.78, 5) is 24.1. The van der Waals surface area contributed by atoms with Crippen molar-refractivity contribution in [3.05, 3.63) is 35.8 Å². The summed E-state index contributed by atoms with van der Waals surface area (Å²) in [5.74, 6) is 2.31. The zero-order chi connectivity index (χ0) is 20.1. The molecule has 1 saturated heterocycles. The van der Waals surface area contributed by atoms with E-state index in [2.05, 4.69) is 27.1 Å². The predicted molar refractivity (Wildman–Crippen MR) is 110 cm³/mol. The number of rotatable bonds is 6. The lowest BCUT2D eigenvalue weighted by Crippen LogP contribution is -2.40. The molecule has 1 aromatic heterocycles. The second-order valence-corrected chi connectivity index (χ2v) is 6.93. The van der Waals surface area contributed by atoms with Crippen LogP contribution in [0.4, 0.5) is 11.5 Å². The van der Waals surface area contributed by atoms with Gasteiger partial charge in [0.05, 0.1) is 19.9 Å². The Morgan fingerprint density at radius 1 is 1.21 bits per heavy atom. The average Bonchev–Trinajstić information content (AvgIpc) is 2.73. The maximum atomic E-state index is 12.9. The molecule has 0 bridgehead atoms. The van der Waals surface area contributed by atoms with Gasteiger partial charge in [-0.05, 0) is 44.7 Å². The van der Waals surface area contributed by atoms with Crippen molar-refractivity contribution in [2.24, 2.45) is 0 Å². The number of benzene rings is 1. The first kappa shape index (κ1) is 19.9. The van der Waals surface area contributed by atoms with Crippen LogP contribution in [0.25, 0.3) is 0 Å². The topological polar surface area (TPSA) is 76.6 Å². The number of hydrogen-bond donors (Lipinski definition) is 1. The van der Waals surface area contributed by atoms with Crippen molar-refractivity contribution < 1.29 is 14.3 Å². The van der Waals surface area contributed by atoms with Crippen molar-refractivity contribution in [1.82, 2.24) is 9.97 Å². The smallest absolute Gasteiger partial charge is 0.274 e. The van der Waals surface area contributed by atoms with E-state index in [-0.39, 0.29) is 5.91 Å². The summed E-state index contributed by atoms with van der Waals surface area (Å²) in [6.45, 7) is 4.97. The highest BCUT2D eigenvalue weighted by Crippen LogP contribution is 2.30. The molecular weight excluding hydrogens is 356 g/mol. The highest BCUT2D eigenvalue weighted by Gasteiger charge is 2.24. The molecule has 0 radical (unpaired) electrons. The molecule has 1 amide bonds. The van der Waals surface area contributed by atoms with Crippen LogP contribution in [-0.2, 0) is 0 Å². The SMILES string of the molecule is CCC1CCCCN1c1cc(C(=O)Nc2ccc(OC)cc2OC)nc(C)n1. The van der Waals surface area contributed by atoms with Crippen molar-refractivity contribution in [1.29, 1.82) is 0 Å². The molecule has 0 aliphatic carbocycles. The van der Waals surface area contributed by atoms with Crippen molar-refractivity contribution in [3.8, 4) is 11.5 Å². The average molecular weight is 384 g/mol. The van der Waals surface area contributed by atoms with Crippen LogP contribution in [0.1, 0.15) is 48.9 Å². The number of ether oxygens (including phenoxy) is 2. The standard InChI is InChI=1S/C21H28N4O3/c1-5-15-8-6-7-11-25(15)20-13-18(22-14(2)23-20)21(26)24-17-10-9-16(27-3)12-19(17)28-4/h9-10,12-13,15H,5-8,11H2,1-4H3,(H,24,26). The molecule has 2 heterocycles. The fourth-order valence-corrected chi connectivity index (χ4v) is 3.63. The number of amides is 1. The number of nitrogens with zero attached hydrogens (tertiary/aromatic N) is 3. The van der Waals surface area contributed by atoms with Gasteiger partial charge in [0, 0.05) is 24.7 Å². The van der Waals surface area contributed by atoms with Gasteiger partial charge in [0.25, 0.3) is 5.91 Å². The number of piperidine rings is 1. The minimum Gasteiger partial charge on any atom is -0.497 e. The van der Waals surface area contributed by atoms with Crippen LogP contribution in [0.3, 0.4) is 0 Å². The van der Waals surface area contributed by atoms with Crippen LogP contribution < -0.4 is 19.7 Å². The third kappa shape index (κ3) is 4.35. The Balaban J connectivity index is 1.85. The number of aryl methyl sites for hydroxylation is 1. The monoisotopic (exact) mass is 384 g/mol. The molecule has 7 heteroatoms. The maximum Gasteiger partial charge on any atom is 0.274 e. The fraction of sp³-hybridized carbons (Fsp3) is 0.476. The van der Waals surface area contributed by atoms with Crippen LogP contribution in [0.15, 0.2) is 24.3 Å². The van der Waals surface area contributed by atoms with Crippen molar-refractivity contribution in [2.75, 3.05) is 31.0 Å². The summed E-state index contributed by atoms with van der Waals surface area (Å²) < 4.78 is 10.6. The first-order valence-electron chi connectivity index (χ1n) is 9.71. The molecule has 0 spiro atoms. The molecule has 1 fully saturated rings. The maximum absolute atomic E-state index is 12.9. The van der Waals surface area contributed by atoms with Gasteiger partial charge < -0.3 is 19.7 Å². The van der Waals surface area contributed by atoms with Gasteiger partial charge in [0.1, 0.15) is 28.8 Å². The molecule has 1 atom stereocenters. The second-order valence-electron chi connectivity index (χ2n) is 6.93. The molecule has 28 heavy (non-hydrogen) atoms. The molecule has 7 nitrogen and oxygen atoms in total. The van der Waals surface area contributed by atoms with Gasteiger partial charge in [-0.2, -0.15) is 0 Å². The summed E-state index contributed by atoms with van der Waals surface area (Å²) >= 11 is 0. The van der Waals surface area contributed by atoms with Gasteiger partial charge in [0.15, 0.2) is 0 Å². The third-order valence-electron chi connectivity index (χ3n) is 5.11. The second kappa shape index (κ2) is 8.91. The largest absolute Gasteiger partial charge is 0.497 e. The van der Waals surface area contributed by atoms with E-state index in [1.165, 1.54) is 6.42 Å². The van der Waals surface area contributed by atoms with E-state index in [1.807, 2.05) is 6.92 Å². The number of methoxy groups -OCH3 is 2. The Morgan fingerprint density at radius 2 is 2.04 bits per heavy atom. The Labute approximate surface area is 166 Å². The summed E-state index contributed by atoms with van der Waals surface area (Å²) in [5.41, 5.74) is 0.913. The number of anilines is 2. The Morgan fingerprint density at radius 3 is 2.75 bits per heavy atom. The summed E-state index contributed by atoms with van der Waals surface area (Å²) in [6, 6.07) is 7.50. The minimum absolute atomic E-state index is 0.291. The molecule has 1 N–H and O–H groups in total. The lowest BCUT2D eigenvalue weighted by molar-refractivity contribution is 0.102. The lowest BCUT2D eigenvalue weighted by Gasteiger charge is -2.36. The Bertz CT molecular complexity index is 840. The molecule has 1 aromatic carbocycles. The lowest BCUT2D eigenvalue weighted by atomic mass is 10.00. The number of carbonyl (C=O) groups excluding carboxylic acids is 1. The number of aromatic nitrogens is 2. The van der Waals surface area contributed by atoms with E-state index in [9.17, 15) is 4.79 Å². The Hall–Kier alpha value is -2.83. The van der Waals surface area contributed by atoms with E-state index in [0.717, 1.165) is 31.6 Å². The zero-order valence-electron chi connectivity index (χ0n) is 17.0. The molecule has 2 aromatic rings. The van der Waals surface area contributed by atoms with Gasteiger partial charge in [-0.15, -0.1) is 0 Å². The van der Waals surface area contributed by atoms with Crippen LogP contribution >= 0.6 is 0 Å². The van der Waals surface area contributed by atoms with Crippen molar-refractivity contribution >= 4 is 17.4 Å². The van der Waals surface area contributed by atoms with Crippen LogP contribution in [0.5, 0.6) is 11.5 Å². The van der Waals surface area contributed by atoms with Gasteiger partial charge in [-0.3, -0.25) is 4.79 Å². The van der Waals surface area contributed by atoms with E-state index in [4.69, 9.17) is 9.47 Å². The minimum atomic E-state index is -0.291. The van der Waals surface area contributed by atoms with Gasteiger partial charge in [-0.1, -0.05) is 6.92 Å². The number of hydrogen-bond acceptors (Lipinski definition) is 6. The van der Waals surface area contributed by atoms with Gasteiger partial charge >= 0.3 is 0 Å². The highest BCUT2D eigenvalue weighted by atomic mass is 16.5. The summed E-state index contributed by atoms with van der Waals surface area (Å²) in [5, 5.41) is 2.88. The molecule has 3 rings (SSSR count). The van der Waals surface area contributed by atoms with Gasteiger partial charge in [-0.25, -0.2) is 9.97 Å². The van der Waals surface area contributed by atoms with Crippen molar-refractivity contribution in [2.45, 2.75) is 45.6 Å². The van der Waals surface area contributed by atoms with E-state index in [0.29, 0.717) is 34.7 Å². The molecule has 1 aliphatic rings. The first-order valence-corrected chi connectivity index (χ1v) is 9.71. The molecular formula is C21H28N4O3. The van der Waals surface area contributed by atoms with E-state index < -0.39 is 0 Å². The van der Waals surface area contributed by atoms with E-state index in [1.54, 1.807) is 38.5 Å².